The molecule has 2 N–H and O–H groups in total. The fraction of sp³-hybridized carbons (Fsp3) is 0.714. The zero-order valence-electron chi connectivity index (χ0n) is 11.2. The summed E-state index contributed by atoms with van der Waals surface area (Å²) in [6.07, 6.45) is 9.58. The molecule has 0 saturated heterocycles. The summed E-state index contributed by atoms with van der Waals surface area (Å²) in [5.74, 6) is 0.649. The molecule has 0 aromatic carbocycles. The summed E-state index contributed by atoms with van der Waals surface area (Å²) in [6, 6.07) is 1.90. The first-order chi connectivity index (χ1) is 8.72. The first-order valence-corrected chi connectivity index (χ1v) is 6.94. The van der Waals surface area contributed by atoms with Crippen LogP contribution in [0.15, 0.2) is 12.4 Å². The molecule has 2 rings (SSSR count). The van der Waals surface area contributed by atoms with E-state index in [9.17, 15) is 0 Å². The summed E-state index contributed by atoms with van der Waals surface area (Å²) in [6.45, 7) is 2.63. The van der Waals surface area contributed by atoms with Crippen LogP contribution in [0.3, 0.4) is 0 Å². The van der Waals surface area contributed by atoms with Gasteiger partial charge in [-0.25, -0.2) is 9.97 Å². The molecule has 4 heteroatoms. The monoisotopic (exact) mass is 249 g/mol. The zero-order valence-corrected chi connectivity index (χ0v) is 11.2. The van der Waals surface area contributed by atoms with Crippen LogP contribution < -0.4 is 10.5 Å². The number of aryl methyl sites for hydroxylation is 1. The number of hydrogen-bond acceptors (Lipinski definition) is 4. The first kappa shape index (κ1) is 13.3. The lowest BCUT2D eigenvalue weighted by Gasteiger charge is -2.27. The maximum absolute atomic E-state index is 6.41. The maximum atomic E-state index is 6.41. The minimum absolute atomic E-state index is 0.173. The van der Waals surface area contributed by atoms with Gasteiger partial charge in [0.1, 0.15) is 12.9 Å². The standard InChI is InChI=1S/C14H23N3O/c1-2-12-9-13(17-11-16-12)18-10-14(15)7-5-3-4-6-8-14/h9,11H,2-8,10,15H2,1H3. The lowest BCUT2D eigenvalue weighted by atomic mass is 9.93. The highest BCUT2D eigenvalue weighted by molar-refractivity contribution is 5.13. The van der Waals surface area contributed by atoms with Crippen LogP contribution in [0, 0.1) is 0 Å². The Labute approximate surface area is 109 Å². The fourth-order valence-electron chi connectivity index (χ4n) is 2.44. The molecule has 1 saturated carbocycles. The summed E-state index contributed by atoms with van der Waals surface area (Å²) < 4.78 is 5.77. The predicted molar refractivity (Wildman–Crippen MR) is 71.5 cm³/mol. The van der Waals surface area contributed by atoms with Gasteiger partial charge in [-0.1, -0.05) is 32.6 Å². The summed E-state index contributed by atoms with van der Waals surface area (Å²) in [4.78, 5) is 8.30. The third-order valence-corrected chi connectivity index (χ3v) is 3.67. The molecule has 1 aromatic rings. The van der Waals surface area contributed by atoms with E-state index < -0.39 is 0 Å². The van der Waals surface area contributed by atoms with Crippen LogP contribution in [-0.4, -0.2) is 22.1 Å². The van der Waals surface area contributed by atoms with Gasteiger partial charge in [-0.2, -0.15) is 0 Å². The quantitative estimate of drug-likeness (QED) is 0.833. The molecule has 1 aromatic heterocycles. The van der Waals surface area contributed by atoms with Crippen molar-refractivity contribution in [2.24, 2.45) is 5.73 Å². The summed E-state index contributed by atoms with van der Waals surface area (Å²) in [5, 5.41) is 0. The number of nitrogens with two attached hydrogens (primary N) is 1. The van der Waals surface area contributed by atoms with Crippen molar-refractivity contribution in [3.05, 3.63) is 18.1 Å². The van der Waals surface area contributed by atoms with E-state index in [4.69, 9.17) is 10.5 Å². The highest BCUT2D eigenvalue weighted by Gasteiger charge is 2.27. The van der Waals surface area contributed by atoms with Crippen molar-refractivity contribution in [3.8, 4) is 5.88 Å². The van der Waals surface area contributed by atoms with Crippen LogP contribution in [-0.2, 0) is 6.42 Å². The van der Waals surface area contributed by atoms with Crippen molar-refractivity contribution >= 4 is 0 Å². The van der Waals surface area contributed by atoms with Crippen molar-refractivity contribution in [1.82, 2.24) is 9.97 Å². The molecule has 0 aliphatic heterocycles. The highest BCUT2D eigenvalue weighted by atomic mass is 16.5. The Kier molecular flexibility index (Phi) is 4.53. The summed E-state index contributed by atoms with van der Waals surface area (Å²) >= 11 is 0. The molecule has 1 aliphatic carbocycles. The normalized spacial score (nSPS) is 19.2. The lowest BCUT2D eigenvalue weighted by molar-refractivity contribution is 0.193. The van der Waals surface area contributed by atoms with Gasteiger partial charge in [0.15, 0.2) is 0 Å². The molecule has 1 heterocycles. The molecule has 0 amide bonds. The predicted octanol–water partition coefficient (Wildman–Crippen LogP) is 2.47. The Morgan fingerprint density at radius 1 is 1.22 bits per heavy atom. The van der Waals surface area contributed by atoms with Gasteiger partial charge in [0.2, 0.25) is 5.88 Å². The Bertz CT molecular complexity index is 373. The van der Waals surface area contributed by atoms with Gasteiger partial charge >= 0.3 is 0 Å². The average Bonchev–Trinajstić information content (AvgIpc) is 2.62. The molecule has 1 fully saturated rings. The molecule has 0 spiro atoms. The Balaban J connectivity index is 1.92. The fourth-order valence-corrected chi connectivity index (χ4v) is 2.44. The van der Waals surface area contributed by atoms with E-state index in [1.807, 2.05) is 6.07 Å². The van der Waals surface area contributed by atoms with Gasteiger partial charge in [0.05, 0.1) is 5.54 Å². The second kappa shape index (κ2) is 6.14. The summed E-state index contributed by atoms with van der Waals surface area (Å²) in [7, 11) is 0. The van der Waals surface area contributed by atoms with E-state index >= 15 is 0 Å². The Hall–Kier alpha value is -1.16. The minimum atomic E-state index is -0.173. The average molecular weight is 249 g/mol. The van der Waals surface area contributed by atoms with Crippen molar-refractivity contribution in [2.75, 3.05) is 6.61 Å². The second-order valence-electron chi connectivity index (χ2n) is 5.27. The molecule has 4 nitrogen and oxygen atoms in total. The second-order valence-corrected chi connectivity index (χ2v) is 5.27. The molecule has 100 valence electrons. The molecule has 0 bridgehead atoms. The van der Waals surface area contributed by atoms with E-state index in [0.717, 1.165) is 25.0 Å². The van der Waals surface area contributed by atoms with Crippen molar-refractivity contribution in [2.45, 2.75) is 57.4 Å². The third kappa shape index (κ3) is 3.67. The molecular weight excluding hydrogens is 226 g/mol. The van der Waals surface area contributed by atoms with Crippen LogP contribution in [0.1, 0.15) is 51.1 Å². The smallest absolute Gasteiger partial charge is 0.216 e. The van der Waals surface area contributed by atoms with Gasteiger partial charge in [0.25, 0.3) is 0 Å². The van der Waals surface area contributed by atoms with Crippen molar-refractivity contribution < 1.29 is 4.74 Å². The highest BCUT2D eigenvalue weighted by Crippen LogP contribution is 2.25. The summed E-state index contributed by atoms with van der Waals surface area (Å²) in [5.41, 5.74) is 7.24. The van der Waals surface area contributed by atoms with Gasteiger partial charge in [0, 0.05) is 11.8 Å². The SMILES string of the molecule is CCc1cc(OCC2(N)CCCCCC2)ncn1. The van der Waals surface area contributed by atoms with Gasteiger partial charge in [-0.05, 0) is 19.3 Å². The molecule has 18 heavy (non-hydrogen) atoms. The number of hydrogen-bond donors (Lipinski definition) is 1. The maximum Gasteiger partial charge on any atom is 0.216 e. The van der Waals surface area contributed by atoms with Crippen LogP contribution in [0.25, 0.3) is 0 Å². The largest absolute Gasteiger partial charge is 0.476 e. The first-order valence-electron chi connectivity index (χ1n) is 6.94. The number of aromatic nitrogens is 2. The number of ether oxygens (including phenoxy) is 1. The number of rotatable bonds is 4. The molecule has 0 unspecified atom stereocenters. The third-order valence-electron chi connectivity index (χ3n) is 3.67. The molecule has 0 radical (unpaired) electrons. The van der Waals surface area contributed by atoms with E-state index in [1.165, 1.54) is 25.7 Å². The van der Waals surface area contributed by atoms with Crippen molar-refractivity contribution in [3.63, 3.8) is 0 Å². The molecule has 1 aliphatic rings. The van der Waals surface area contributed by atoms with E-state index in [-0.39, 0.29) is 5.54 Å². The Morgan fingerprint density at radius 2 is 1.94 bits per heavy atom. The Morgan fingerprint density at radius 3 is 2.61 bits per heavy atom. The van der Waals surface area contributed by atoms with E-state index in [1.54, 1.807) is 6.33 Å². The van der Waals surface area contributed by atoms with E-state index in [2.05, 4.69) is 16.9 Å². The molecule has 0 atom stereocenters. The van der Waals surface area contributed by atoms with Gasteiger partial charge in [-0.3, -0.25) is 0 Å². The minimum Gasteiger partial charge on any atom is -0.476 e. The van der Waals surface area contributed by atoms with E-state index in [0.29, 0.717) is 12.5 Å². The lowest BCUT2D eigenvalue weighted by Crippen LogP contribution is -2.45. The van der Waals surface area contributed by atoms with Crippen LogP contribution >= 0.6 is 0 Å². The topological polar surface area (TPSA) is 61.0 Å². The van der Waals surface area contributed by atoms with Gasteiger partial charge < -0.3 is 10.5 Å². The van der Waals surface area contributed by atoms with Crippen molar-refractivity contribution in [1.29, 1.82) is 0 Å². The zero-order chi connectivity index (χ0) is 12.8. The molecular formula is C14H23N3O. The number of nitrogens with zero attached hydrogens (tertiary/aromatic N) is 2. The van der Waals surface area contributed by atoms with Crippen LogP contribution in [0.4, 0.5) is 0 Å². The van der Waals surface area contributed by atoms with Gasteiger partial charge in [-0.15, -0.1) is 0 Å². The van der Waals surface area contributed by atoms with Crippen LogP contribution in [0.2, 0.25) is 0 Å². The van der Waals surface area contributed by atoms with Crippen LogP contribution in [0.5, 0.6) is 5.88 Å².